The van der Waals surface area contributed by atoms with Crippen LogP contribution in [-0.2, 0) is 0 Å². The maximum Gasteiger partial charge on any atom is 0.172 e. The highest BCUT2D eigenvalue weighted by molar-refractivity contribution is 7.82. The fourth-order valence-corrected chi connectivity index (χ4v) is 4.36. The Morgan fingerprint density at radius 2 is 1.95 bits per heavy atom. The SMILES string of the molecule is C[C@H]1[C@H](c2ccccc2)N(C)CC[C@]12NC(=S)NC2=S. The Balaban J connectivity index is 1.99. The first-order chi connectivity index (χ1) is 9.54. The molecule has 0 aliphatic carbocycles. The zero-order valence-corrected chi connectivity index (χ0v) is 13.4. The first-order valence-corrected chi connectivity index (χ1v) is 7.75. The van der Waals surface area contributed by atoms with Crippen LogP contribution in [0.2, 0.25) is 0 Å². The lowest BCUT2D eigenvalue weighted by Crippen LogP contribution is -2.60. The van der Waals surface area contributed by atoms with Crippen LogP contribution >= 0.6 is 24.4 Å². The summed E-state index contributed by atoms with van der Waals surface area (Å²) in [5.41, 5.74) is 1.14. The number of nitrogens with one attached hydrogen (secondary N) is 2. The van der Waals surface area contributed by atoms with Gasteiger partial charge in [0.05, 0.1) is 5.54 Å². The van der Waals surface area contributed by atoms with E-state index in [1.807, 2.05) is 0 Å². The molecule has 0 bridgehead atoms. The maximum atomic E-state index is 5.57. The molecule has 2 heterocycles. The molecule has 3 rings (SSSR count). The van der Waals surface area contributed by atoms with Crippen molar-refractivity contribution in [2.24, 2.45) is 5.92 Å². The van der Waals surface area contributed by atoms with Gasteiger partial charge in [0.2, 0.25) is 0 Å². The fraction of sp³-hybridized carbons (Fsp3) is 0.467. The predicted molar refractivity (Wildman–Crippen MR) is 89.8 cm³/mol. The minimum atomic E-state index is -0.195. The topological polar surface area (TPSA) is 27.3 Å². The Bertz CT molecular complexity index is 545. The minimum absolute atomic E-state index is 0.195. The molecular formula is C15H19N3S2. The molecule has 2 aliphatic heterocycles. The van der Waals surface area contributed by atoms with Crippen molar-refractivity contribution in [3.8, 4) is 0 Å². The number of rotatable bonds is 1. The highest BCUT2D eigenvalue weighted by Gasteiger charge is 2.52. The van der Waals surface area contributed by atoms with Crippen molar-refractivity contribution >= 4 is 34.5 Å². The van der Waals surface area contributed by atoms with E-state index in [1.165, 1.54) is 5.56 Å². The van der Waals surface area contributed by atoms with Gasteiger partial charge in [-0.3, -0.25) is 4.90 Å². The van der Waals surface area contributed by atoms with E-state index >= 15 is 0 Å². The summed E-state index contributed by atoms with van der Waals surface area (Å²) in [6, 6.07) is 11.0. The van der Waals surface area contributed by atoms with Gasteiger partial charge in [-0.1, -0.05) is 49.5 Å². The summed E-state index contributed by atoms with van der Waals surface area (Å²) in [5, 5.41) is 7.23. The summed E-state index contributed by atoms with van der Waals surface area (Å²) in [6.07, 6.45) is 0.986. The summed E-state index contributed by atoms with van der Waals surface area (Å²) >= 11 is 10.8. The van der Waals surface area contributed by atoms with E-state index in [0.29, 0.717) is 17.1 Å². The van der Waals surface area contributed by atoms with Crippen LogP contribution < -0.4 is 10.6 Å². The molecule has 2 saturated heterocycles. The van der Waals surface area contributed by atoms with Gasteiger partial charge in [0.25, 0.3) is 0 Å². The third kappa shape index (κ3) is 2.05. The fourth-order valence-electron chi connectivity index (χ4n) is 3.57. The van der Waals surface area contributed by atoms with Gasteiger partial charge in [0, 0.05) is 18.5 Å². The smallest absolute Gasteiger partial charge is 0.172 e. The van der Waals surface area contributed by atoms with E-state index in [0.717, 1.165) is 18.0 Å². The molecule has 1 aromatic carbocycles. The van der Waals surface area contributed by atoms with Crippen molar-refractivity contribution in [1.29, 1.82) is 0 Å². The van der Waals surface area contributed by atoms with E-state index < -0.39 is 0 Å². The zero-order chi connectivity index (χ0) is 14.3. The molecule has 2 N–H and O–H groups in total. The Hall–Kier alpha value is -1.04. The number of nitrogens with zero attached hydrogens (tertiary/aromatic N) is 1. The Morgan fingerprint density at radius 1 is 1.25 bits per heavy atom. The van der Waals surface area contributed by atoms with Gasteiger partial charge in [-0.05, 0) is 31.2 Å². The van der Waals surface area contributed by atoms with Crippen LogP contribution in [0.3, 0.4) is 0 Å². The van der Waals surface area contributed by atoms with Crippen LogP contribution in [-0.4, -0.2) is 34.1 Å². The van der Waals surface area contributed by atoms with Gasteiger partial charge in [-0.25, -0.2) is 0 Å². The molecule has 0 radical (unpaired) electrons. The average molecular weight is 305 g/mol. The van der Waals surface area contributed by atoms with E-state index in [-0.39, 0.29) is 5.54 Å². The summed E-state index contributed by atoms with van der Waals surface area (Å²) in [6.45, 7) is 3.27. The van der Waals surface area contributed by atoms with Crippen molar-refractivity contribution in [3.63, 3.8) is 0 Å². The quantitative estimate of drug-likeness (QED) is 0.776. The van der Waals surface area contributed by atoms with Gasteiger partial charge >= 0.3 is 0 Å². The second-order valence-corrected chi connectivity index (χ2v) is 6.57. The molecule has 1 spiro atoms. The molecule has 3 nitrogen and oxygen atoms in total. The van der Waals surface area contributed by atoms with Crippen molar-refractivity contribution in [2.75, 3.05) is 13.6 Å². The molecule has 5 heteroatoms. The highest BCUT2D eigenvalue weighted by atomic mass is 32.1. The Morgan fingerprint density at radius 3 is 2.55 bits per heavy atom. The molecule has 0 amide bonds. The number of thiocarbonyl (C=S) groups is 2. The number of likely N-dealkylation sites (tertiary alicyclic amines) is 1. The lowest BCUT2D eigenvalue weighted by molar-refractivity contribution is 0.0838. The summed E-state index contributed by atoms with van der Waals surface area (Å²) < 4.78 is 0. The molecule has 2 fully saturated rings. The molecule has 0 aromatic heterocycles. The third-order valence-electron chi connectivity index (χ3n) is 4.69. The number of hydrogen-bond donors (Lipinski definition) is 2. The summed E-state index contributed by atoms with van der Waals surface area (Å²) in [4.78, 5) is 3.26. The molecule has 106 valence electrons. The van der Waals surface area contributed by atoms with Crippen LogP contribution in [0.25, 0.3) is 0 Å². The van der Waals surface area contributed by atoms with E-state index in [9.17, 15) is 0 Å². The van der Waals surface area contributed by atoms with Crippen LogP contribution in [0.5, 0.6) is 0 Å². The van der Waals surface area contributed by atoms with Crippen LogP contribution in [0, 0.1) is 5.92 Å². The number of piperidine rings is 1. The number of hydrogen-bond acceptors (Lipinski definition) is 3. The lowest BCUT2D eigenvalue weighted by atomic mass is 9.72. The van der Waals surface area contributed by atoms with E-state index in [4.69, 9.17) is 24.4 Å². The van der Waals surface area contributed by atoms with Crippen molar-refractivity contribution in [1.82, 2.24) is 15.5 Å². The largest absolute Gasteiger partial charge is 0.350 e. The third-order valence-corrected chi connectivity index (χ3v) is 5.37. The second kappa shape index (κ2) is 5.06. The standard InChI is InChI=1S/C15H19N3S2/c1-10-12(11-6-4-3-5-7-11)18(2)9-8-15(10)13(19)16-14(20)17-15/h3-7,10,12H,8-9H2,1-2H3,(H2,16,17,19,20)/t10-,12+,15-/m0/s1. The summed E-state index contributed by atoms with van der Waals surface area (Å²) in [5.74, 6) is 0.351. The molecular weight excluding hydrogens is 286 g/mol. The van der Waals surface area contributed by atoms with Crippen LogP contribution in [0.4, 0.5) is 0 Å². The van der Waals surface area contributed by atoms with E-state index in [2.05, 4.69) is 59.8 Å². The van der Waals surface area contributed by atoms with E-state index in [1.54, 1.807) is 0 Å². The number of benzene rings is 1. The average Bonchev–Trinajstić information content (AvgIpc) is 2.72. The predicted octanol–water partition coefficient (Wildman–Crippen LogP) is 2.24. The van der Waals surface area contributed by atoms with Gasteiger partial charge in [-0.2, -0.15) is 0 Å². The normalized spacial score (nSPS) is 34.1. The highest BCUT2D eigenvalue weighted by Crippen LogP contribution is 2.42. The molecule has 2 aliphatic rings. The van der Waals surface area contributed by atoms with Crippen molar-refractivity contribution in [2.45, 2.75) is 24.9 Å². The lowest BCUT2D eigenvalue weighted by Gasteiger charge is -2.48. The van der Waals surface area contributed by atoms with Gasteiger partial charge in [0.15, 0.2) is 5.11 Å². The molecule has 3 atom stereocenters. The Labute approximate surface area is 130 Å². The minimum Gasteiger partial charge on any atom is -0.350 e. The second-order valence-electron chi connectivity index (χ2n) is 5.75. The van der Waals surface area contributed by atoms with Crippen molar-refractivity contribution < 1.29 is 0 Å². The Kier molecular flexibility index (Phi) is 3.52. The zero-order valence-electron chi connectivity index (χ0n) is 11.7. The molecule has 1 aromatic rings. The van der Waals surface area contributed by atoms with Crippen LogP contribution in [0.15, 0.2) is 30.3 Å². The monoisotopic (exact) mass is 305 g/mol. The molecule has 0 saturated carbocycles. The maximum absolute atomic E-state index is 5.57. The van der Waals surface area contributed by atoms with Gasteiger partial charge in [0.1, 0.15) is 4.99 Å². The summed E-state index contributed by atoms with van der Waals surface area (Å²) in [7, 11) is 2.19. The van der Waals surface area contributed by atoms with Gasteiger partial charge < -0.3 is 10.6 Å². The van der Waals surface area contributed by atoms with Gasteiger partial charge in [-0.15, -0.1) is 0 Å². The van der Waals surface area contributed by atoms with Crippen molar-refractivity contribution in [3.05, 3.63) is 35.9 Å². The first-order valence-electron chi connectivity index (χ1n) is 6.93. The van der Waals surface area contributed by atoms with Crippen LogP contribution in [0.1, 0.15) is 24.9 Å². The molecule has 0 unspecified atom stereocenters. The molecule has 20 heavy (non-hydrogen) atoms. The first kappa shape index (κ1) is 13.9.